The number of alkyl carbamates (subject to hydrolysis) is 1. The summed E-state index contributed by atoms with van der Waals surface area (Å²) in [7, 11) is 0. The quantitative estimate of drug-likeness (QED) is 0.723. The minimum absolute atomic E-state index is 0.167. The molecule has 26 heavy (non-hydrogen) atoms. The van der Waals surface area contributed by atoms with Crippen LogP contribution in [-0.4, -0.2) is 43.4 Å². The molecule has 0 radical (unpaired) electrons. The fraction of sp³-hybridized carbons (Fsp3) is 0.579. The molecule has 3 N–H and O–H groups in total. The molecule has 1 aromatic rings. The average Bonchev–Trinajstić information content (AvgIpc) is 2.56. The zero-order valence-corrected chi connectivity index (χ0v) is 15.8. The summed E-state index contributed by atoms with van der Waals surface area (Å²) < 4.78 is 10.6. The predicted molar refractivity (Wildman–Crippen MR) is 101 cm³/mol. The van der Waals surface area contributed by atoms with Gasteiger partial charge in [-0.15, -0.1) is 0 Å². The van der Waals surface area contributed by atoms with E-state index in [9.17, 15) is 9.59 Å². The maximum absolute atomic E-state index is 12.2. The van der Waals surface area contributed by atoms with Crippen molar-refractivity contribution in [3.8, 4) is 0 Å². The third-order valence-electron chi connectivity index (χ3n) is 3.74. The van der Waals surface area contributed by atoms with E-state index >= 15 is 0 Å². The summed E-state index contributed by atoms with van der Waals surface area (Å²) in [5.41, 5.74) is 1.04. The first kappa shape index (κ1) is 20.0. The van der Waals surface area contributed by atoms with Gasteiger partial charge in [-0.05, 0) is 45.7 Å². The number of amides is 2. The minimum atomic E-state index is -0.556. The topological polar surface area (TPSA) is 88.7 Å². The second kappa shape index (κ2) is 9.43. The third-order valence-corrected chi connectivity index (χ3v) is 3.74. The number of benzene rings is 1. The van der Waals surface area contributed by atoms with Crippen molar-refractivity contribution < 1.29 is 19.1 Å². The SMILES string of the molecule is CC(C)(C)OC(=O)NCCC(=O)Nc1ccccc1N[C@H]1CCCOC1. The van der Waals surface area contributed by atoms with E-state index in [1.54, 1.807) is 20.8 Å². The first-order chi connectivity index (χ1) is 12.3. The maximum atomic E-state index is 12.2. The predicted octanol–water partition coefficient (Wildman–Crippen LogP) is 3.13. The average molecular weight is 363 g/mol. The Morgan fingerprint density at radius 2 is 1.96 bits per heavy atom. The van der Waals surface area contributed by atoms with Crippen molar-refractivity contribution in [2.24, 2.45) is 0 Å². The molecule has 0 aromatic heterocycles. The van der Waals surface area contributed by atoms with Crippen LogP contribution >= 0.6 is 0 Å². The molecule has 144 valence electrons. The van der Waals surface area contributed by atoms with Crippen molar-refractivity contribution in [2.45, 2.75) is 51.7 Å². The van der Waals surface area contributed by atoms with Crippen molar-refractivity contribution in [2.75, 3.05) is 30.4 Å². The number of hydrogen-bond donors (Lipinski definition) is 3. The number of rotatable bonds is 6. The molecule has 1 aromatic carbocycles. The molecule has 1 aliphatic heterocycles. The van der Waals surface area contributed by atoms with Crippen molar-refractivity contribution in [1.82, 2.24) is 5.32 Å². The lowest BCUT2D eigenvalue weighted by Gasteiger charge is -2.25. The number of para-hydroxylation sites is 2. The van der Waals surface area contributed by atoms with Crippen LogP contribution in [0.4, 0.5) is 16.2 Å². The smallest absolute Gasteiger partial charge is 0.407 e. The summed E-state index contributed by atoms with van der Waals surface area (Å²) in [6.45, 7) is 7.07. The number of nitrogens with one attached hydrogen (secondary N) is 3. The lowest BCUT2D eigenvalue weighted by Crippen LogP contribution is -2.34. The fourth-order valence-corrected chi connectivity index (χ4v) is 2.60. The van der Waals surface area contributed by atoms with Crippen LogP contribution < -0.4 is 16.0 Å². The van der Waals surface area contributed by atoms with E-state index in [1.165, 1.54) is 0 Å². The normalized spacial score (nSPS) is 17.3. The van der Waals surface area contributed by atoms with Crippen LogP contribution in [0, 0.1) is 0 Å². The first-order valence-corrected chi connectivity index (χ1v) is 9.03. The fourth-order valence-electron chi connectivity index (χ4n) is 2.60. The molecule has 0 saturated carbocycles. The van der Waals surface area contributed by atoms with E-state index in [0.717, 1.165) is 30.8 Å². The summed E-state index contributed by atoms with van der Waals surface area (Å²) in [5, 5.41) is 8.90. The molecule has 1 aliphatic rings. The van der Waals surface area contributed by atoms with Gasteiger partial charge < -0.3 is 25.4 Å². The molecule has 1 heterocycles. The number of anilines is 2. The Morgan fingerprint density at radius 1 is 1.23 bits per heavy atom. The summed E-state index contributed by atoms with van der Waals surface area (Å²) >= 11 is 0. The lowest BCUT2D eigenvalue weighted by molar-refractivity contribution is -0.116. The van der Waals surface area contributed by atoms with Crippen LogP contribution in [0.3, 0.4) is 0 Å². The number of ether oxygens (including phenoxy) is 2. The van der Waals surface area contributed by atoms with Gasteiger partial charge in [0.05, 0.1) is 18.0 Å². The molecule has 7 heteroatoms. The second-order valence-electron chi connectivity index (χ2n) is 7.33. The van der Waals surface area contributed by atoms with Gasteiger partial charge in [0, 0.05) is 25.6 Å². The second-order valence-corrected chi connectivity index (χ2v) is 7.33. The van der Waals surface area contributed by atoms with Gasteiger partial charge in [-0.2, -0.15) is 0 Å². The van der Waals surface area contributed by atoms with Crippen LogP contribution in [0.5, 0.6) is 0 Å². The van der Waals surface area contributed by atoms with Crippen LogP contribution in [0.25, 0.3) is 0 Å². The first-order valence-electron chi connectivity index (χ1n) is 9.03. The molecule has 1 saturated heterocycles. The monoisotopic (exact) mass is 363 g/mol. The van der Waals surface area contributed by atoms with E-state index in [4.69, 9.17) is 9.47 Å². The van der Waals surface area contributed by atoms with Crippen molar-refractivity contribution in [1.29, 1.82) is 0 Å². The maximum Gasteiger partial charge on any atom is 0.407 e. The van der Waals surface area contributed by atoms with E-state index < -0.39 is 11.7 Å². The molecule has 0 unspecified atom stereocenters. The van der Waals surface area contributed by atoms with E-state index in [1.807, 2.05) is 24.3 Å². The van der Waals surface area contributed by atoms with Crippen LogP contribution in [0.1, 0.15) is 40.0 Å². The van der Waals surface area contributed by atoms with Gasteiger partial charge in [0.2, 0.25) is 5.91 Å². The zero-order chi connectivity index (χ0) is 19.0. The highest BCUT2D eigenvalue weighted by atomic mass is 16.6. The van der Waals surface area contributed by atoms with Crippen molar-refractivity contribution in [3.63, 3.8) is 0 Å². The molecule has 0 aliphatic carbocycles. The Bertz CT molecular complexity index is 607. The van der Waals surface area contributed by atoms with Gasteiger partial charge in [-0.25, -0.2) is 4.79 Å². The van der Waals surface area contributed by atoms with Crippen molar-refractivity contribution in [3.05, 3.63) is 24.3 Å². The molecule has 1 atom stereocenters. The van der Waals surface area contributed by atoms with E-state index in [2.05, 4.69) is 16.0 Å². The van der Waals surface area contributed by atoms with E-state index in [0.29, 0.717) is 6.61 Å². The summed E-state index contributed by atoms with van der Waals surface area (Å²) in [6, 6.07) is 7.83. The van der Waals surface area contributed by atoms with Crippen LogP contribution in [-0.2, 0) is 14.3 Å². The zero-order valence-electron chi connectivity index (χ0n) is 15.8. The van der Waals surface area contributed by atoms with Gasteiger partial charge in [0.1, 0.15) is 5.60 Å². The molecular formula is C19H29N3O4. The summed E-state index contributed by atoms with van der Waals surface area (Å²) in [5.74, 6) is -0.171. The highest BCUT2D eigenvalue weighted by Gasteiger charge is 2.17. The minimum Gasteiger partial charge on any atom is -0.444 e. The molecular weight excluding hydrogens is 334 g/mol. The molecule has 1 fully saturated rings. The Morgan fingerprint density at radius 3 is 2.62 bits per heavy atom. The number of carbonyl (C=O) groups is 2. The van der Waals surface area contributed by atoms with Crippen LogP contribution in [0.15, 0.2) is 24.3 Å². The van der Waals surface area contributed by atoms with Crippen molar-refractivity contribution >= 4 is 23.4 Å². The Balaban J connectivity index is 1.80. The largest absolute Gasteiger partial charge is 0.444 e. The Hall–Kier alpha value is -2.28. The number of hydrogen-bond acceptors (Lipinski definition) is 5. The van der Waals surface area contributed by atoms with Gasteiger partial charge in [0.25, 0.3) is 0 Å². The van der Waals surface area contributed by atoms with Gasteiger partial charge in [-0.3, -0.25) is 4.79 Å². The highest BCUT2D eigenvalue weighted by molar-refractivity contribution is 5.94. The lowest BCUT2D eigenvalue weighted by atomic mass is 10.1. The standard InChI is InChI=1S/C19H29N3O4/c1-19(2,3)26-18(24)20-11-10-17(23)22-16-9-5-4-8-15(16)21-14-7-6-12-25-13-14/h4-5,8-9,14,21H,6-7,10-13H2,1-3H3,(H,20,24)(H,22,23)/t14-/m0/s1. The van der Waals surface area contributed by atoms with E-state index in [-0.39, 0.29) is 24.9 Å². The third kappa shape index (κ3) is 7.31. The number of carbonyl (C=O) groups excluding carboxylic acids is 2. The molecule has 0 spiro atoms. The van der Waals surface area contributed by atoms with Gasteiger partial charge in [0.15, 0.2) is 0 Å². The van der Waals surface area contributed by atoms with Gasteiger partial charge in [-0.1, -0.05) is 12.1 Å². The Labute approximate surface area is 154 Å². The summed E-state index contributed by atoms with van der Waals surface area (Å²) in [4.78, 5) is 23.8. The molecule has 7 nitrogen and oxygen atoms in total. The highest BCUT2D eigenvalue weighted by Crippen LogP contribution is 2.23. The molecule has 0 bridgehead atoms. The summed E-state index contributed by atoms with van der Waals surface area (Å²) in [6.07, 6.45) is 1.72. The molecule has 2 rings (SSSR count). The molecule has 2 amide bonds. The Kier molecular flexibility index (Phi) is 7.26. The van der Waals surface area contributed by atoms with Crippen LogP contribution in [0.2, 0.25) is 0 Å². The van der Waals surface area contributed by atoms with Gasteiger partial charge >= 0.3 is 6.09 Å².